The highest BCUT2D eigenvalue weighted by Gasteiger charge is 2.24. The van der Waals surface area contributed by atoms with E-state index in [1.54, 1.807) is 23.1 Å². The molecule has 2 aromatic heterocycles. The first-order valence-electron chi connectivity index (χ1n) is 6.80. The molecule has 0 saturated carbocycles. The molecule has 1 aliphatic heterocycles. The Morgan fingerprint density at radius 2 is 2.09 bits per heavy atom. The number of nitrogens with zero attached hydrogens (tertiary/aromatic N) is 4. The molecule has 1 atom stereocenters. The lowest BCUT2D eigenvalue weighted by atomic mass is 10.0. The van der Waals surface area contributed by atoms with Gasteiger partial charge in [0, 0.05) is 0 Å². The molecule has 3 heterocycles. The Bertz CT molecular complexity index is 807. The van der Waals surface area contributed by atoms with E-state index >= 15 is 0 Å². The van der Waals surface area contributed by atoms with Crippen LogP contribution >= 0.6 is 11.3 Å². The summed E-state index contributed by atoms with van der Waals surface area (Å²) in [5, 5.41) is 17.3. The molecule has 0 aliphatic carbocycles. The molecule has 0 amide bonds. The maximum absolute atomic E-state index is 5.22. The van der Waals surface area contributed by atoms with E-state index < -0.39 is 0 Å². The number of thiophene rings is 1. The number of allylic oxidation sites excluding steroid dienone is 1. The molecule has 6 nitrogen and oxygen atoms in total. The van der Waals surface area contributed by atoms with Gasteiger partial charge in [-0.05, 0) is 45.6 Å². The van der Waals surface area contributed by atoms with Crippen molar-refractivity contribution in [2.45, 2.75) is 6.04 Å². The zero-order valence-electron chi connectivity index (χ0n) is 11.8. The lowest BCUT2D eigenvalue weighted by Gasteiger charge is -2.22. The van der Waals surface area contributed by atoms with Crippen LogP contribution in [-0.2, 0) is 0 Å². The van der Waals surface area contributed by atoms with E-state index in [1.807, 2.05) is 30.3 Å². The molecule has 0 spiro atoms. The van der Waals surface area contributed by atoms with Crippen LogP contribution in [0, 0.1) is 0 Å². The third-order valence-electron chi connectivity index (χ3n) is 3.57. The van der Waals surface area contributed by atoms with Crippen LogP contribution in [0.1, 0.15) is 16.5 Å². The van der Waals surface area contributed by atoms with Crippen LogP contribution in [0.15, 0.2) is 47.9 Å². The van der Waals surface area contributed by atoms with Crippen molar-refractivity contribution in [2.24, 2.45) is 0 Å². The number of ether oxygens (including phenoxy) is 1. The van der Waals surface area contributed by atoms with Gasteiger partial charge >= 0.3 is 0 Å². The van der Waals surface area contributed by atoms with Crippen molar-refractivity contribution < 1.29 is 4.74 Å². The van der Waals surface area contributed by atoms with Crippen molar-refractivity contribution in [1.82, 2.24) is 20.2 Å². The Kier molecular flexibility index (Phi) is 3.12. The Morgan fingerprint density at radius 3 is 2.82 bits per heavy atom. The summed E-state index contributed by atoms with van der Waals surface area (Å²) in [6.45, 7) is 0. The summed E-state index contributed by atoms with van der Waals surface area (Å²) in [7, 11) is 1.66. The van der Waals surface area contributed by atoms with Gasteiger partial charge in [-0.2, -0.15) is 4.68 Å². The van der Waals surface area contributed by atoms with Gasteiger partial charge < -0.3 is 10.1 Å². The fourth-order valence-corrected chi connectivity index (χ4v) is 3.17. The minimum atomic E-state index is -0.0470. The number of hydrogen-bond acceptors (Lipinski definition) is 6. The Morgan fingerprint density at radius 1 is 1.23 bits per heavy atom. The summed E-state index contributed by atoms with van der Waals surface area (Å²) in [6.07, 6.45) is 2.14. The molecule has 0 saturated heterocycles. The highest BCUT2D eigenvalue weighted by Crippen LogP contribution is 2.33. The zero-order valence-corrected chi connectivity index (χ0v) is 12.6. The topological polar surface area (TPSA) is 64.9 Å². The standard InChI is InChI=1S/C15H13N5OS/c1-21-11-6-4-10(5-7-11)13-9-12(14-3-2-8-22-14)16-15-17-18-19-20(13)15/h2-9,13H,1H3,(H,16,17,19)/t13-/m0/s1. The van der Waals surface area contributed by atoms with Crippen LogP contribution < -0.4 is 10.1 Å². The number of fused-ring (bicyclic) bond motifs is 1. The second-order valence-electron chi connectivity index (χ2n) is 4.85. The van der Waals surface area contributed by atoms with Crippen LogP contribution in [0.2, 0.25) is 0 Å². The van der Waals surface area contributed by atoms with Gasteiger partial charge in [-0.25, -0.2) is 0 Å². The number of aromatic nitrogens is 4. The van der Waals surface area contributed by atoms with Crippen LogP contribution in [0.5, 0.6) is 5.75 Å². The summed E-state index contributed by atoms with van der Waals surface area (Å²) in [5.41, 5.74) is 2.13. The van der Waals surface area contributed by atoms with Crippen molar-refractivity contribution in [1.29, 1.82) is 0 Å². The molecule has 7 heteroatoms. The molecular weight excluding hydrogens is 298 g/mol. The van der Waals surface area contributed by atoms with Gasteiger partial charge in [0.15, 0.2) is 0 Å². The van der Waals surface area contributed by atoms with Crippen molar-refractivity contribution in [2.75, 3.05) is 12.4 Å². The Balaban J connectivity index is 1.78. The quantitative estimate of drug-likeness (QED) is 0.806. The van der Waals surface area contributed by atoms with E-state index in [4.69, 9.17) is 4.74 Å². The molecular formula is C15H13N5OS. The van der Waals surface area contributed by atoms with Crippen LogP contribution in [-0.4, -0.2) is 27.3 Å². The van der Waals surface area contributed by atoms with Crippen molar-refractivity contribution in [3.05, 3.63) is 58.3 Å². The van der Waals surface area contributed by atoms with E-state index in [0.29, 0.717) is 5.95 Å². The molecule has 4 rings (SSSR count). The third kappa shape index (κ3) is 2.15. The number of methoxy groups -OCH3 is 1. The average molecular weight is 311 g/mol. The SMILES string of the molecule is COc1ccc([C@@H]2C=C(c3cccs3)Nc3nnnn32)cc1. The van der Waals surface area contributed by atoms with Crippen molar-refractivity contribution in [3.63, 3.8) is 0 Å². The normalized spacial score (nSPS) is 16.6. The molecule has 22 heavy (non-hydrogen) atoms. The highest BCUT2D eigenvalue weighted by molar-refractivity contribution is 7.11. The number of tetrazole rings is 1. The monoisotopic (exact) mass is 311 g/mol. The van der Waals surface area contributed by atoms with Gasteiger partial charge in [-0.3, -0.25) is 0 Å². The summed E-state index contributed by atoms with van der Waals surface area (Å²) in [4.78, 5) is 1.16. The molecule has 110 valence electrons. The number of hydrogen-bond donors (Lipinski definition) is 1. The fourth-order valence-electron chi connectivity index (χ4n) is 2.47. The minimum absolute atomic E-state index is 0.0470. The predicted octanol–water partition coefficient (Wildman–Crippen LogP) is 2.80. The summed E-state index contributed by atoms with van der Waals surface area (Å²) >= 11 is 1.68. The molecule has 0 radical (unpaired) electrons. The highest BCUT2D eigenvalue weighted by atomic mass is 32.1. The Hall–Kier alpha value is -2.67. The number of anilines is 1. The Labute approximate surface area is 131 Å². The van der Waals surface area contributed by atoms with E-state index in [-0.39, 0.29) is 6.04 Å². The first-order chi connectivity index (χ1) is 10.8. The van der Waals surface area contributed by atoms with Gasteiger partial charge in [0.05, 0.1) is 17.7 Å². The van der Waals surface area contributed by atoms with Crippen molar-refractivity contribution >= 4 is 23.0 Å². The van der Waals surface area contributed by atoms with Crippen molar-refractivity contribution in [3.8, 4) is 5.75 Å². The molecule has 0 bridgehead atoms. The van der Waals surface area contributed by atoms with Crippen LogP contribution in [0.25, 0.3) is 5.70 Å². The molecule has 1 aromatic carbocycles. The lowest BCUT2D eigenvalue weighted by Crippen LogP contribution is -2.19. The van der Waals surface area contributed by atoms with Gasteiger partial charge in [0.2, 0.25) is 5.95 Å². The second-order valence-corrected chi connectivity index (χ2v) is 5.80. The smallest absolute Gasteiger partial charge is 0.248 e. The number of nitrogens with one attached hydrogen (secondary N) is 1. The zero-order chi connectivity index (χ0) is 14.9. The second kappa shape index (κ2) is 5.27. The maximum atomic E-state index is 5.22. The largest absolute Gasteiger partial charge is 0.497 e. The maximum Gasteiger partial charge on any atom is 0.248 e. The molecule has 0 fully saturated rings. The van der Waals surface area contributed by atoms with Gasteiger partial charge in [-0.15, -0.1) is 11.3 Å². The molecule has 3 aromatic rings. The average Bonchev–Trinajstić information content (AvgIpc) is 3.25. The fraction of sp³-hybridized carbons (Fsp3) is 0.133. The third-order valence-corrected chi connectivity index (χ3v) is 4.47. The van der Waals surface area contributed by atoms with E-state index in [2.05, 4.69) is 38.4 Å². The molecule has 1 aliphatic rings. The summed E-state index contributed by atoms with van der Waals surface area (Å²) in [5.74, 6) is 1.48. The van der Waals surface area contributed by atoms with Crippen LogP contribution in [0.4, 0.5) is 5.95 Å². The van der Waals surface area contributed by atoms with Crippen LogP contribution in [0.3, 0.4) is 0 Å². The van der Waals surface area contributed by atoms with E-state index in [0.717, 1.165) is 21.9 Å². The molecule has 0 unspecified atom stereocenters. The van der Waals surface area contributed by atoms with E-state index in [1.165, 1.54) is 0 Å². The molecule has 1 N–H and O–H groups in total. The predicted molar refractivity (Wildman–Crippen MR) is 84.9 cm³/mol. The first-order valence-corrected chi connectivity index (χ1v) is 7.67. The summed E-state index contributed by atoms with van der Waals surface area (Å²) < 4.78 is 6.99. The number of rotatable bonds is 3. The van der Waals surface area contributed by atoms with Gasteiger partial charge in [0.25, 0.3) is 0 Å². The van der Waals surface area contributed by atoms with E-state index in [9.17, 15) is 0 Å². The number of benzene rings is 1. The first kappa shape index (κ1) is 13.0. The summed E-state index contributed by atoms with van der Waals surface area (Å²) in [6, 6.07) is 12.0. The minimum Gasteiger partial charge on any atom is -0.497 e. The lowest BCUT2D eigenvalue weighted by molar-refractivity contribution is 0.414. The van der Waals surface area contributed by atoms with Gasteiger partial charge in [0.1, 0.15) is 11.8 Å². The van der Waals surface area contributed by atoms with Gasteiger partial charge in [-0.1, -0.05) is 23.3 Å².